The average Bonchev–Trinajstić information content (AvgIpc) is 2.39. The molecule has 1 aromatic carbocycles. The highest BCUT2D eigenvalue weighted by molar-refractivity contribution is 5.81. The molecule has 0 aliphatic carbocycles. The Balaban J connectivity index is 2.77. The Morgan fingerprint density at radius 3 is 2.65 bits per heavy atom. The van der Waals surface area contributed by atoms with Crippen molar-refractivity contribution in [3.63, 3.8) is 0 Å². The number of methoxy groups -OCH3 is 1. The van der Waals surface area contributed by atoms with Crippen molar-refractivity contribution in [2.45, 2.75) is 12.5 Å². The van der Waals surface area contributed by atoms with Crippen LogP contribution >= 0.6 is 0 Å². The third-order valence-corrected chi connectivity index (χ3v) is 2.55. The van der Waals surface area contributed by atoms with E-state index in [-0.39, 0.29) is 6.61 Å². The predicted molar refractivity (Wildman–Crippen MR) is 65.2 cm³/mol. The van der Waals surface area contributed by atoms with Crippen molar-refractivity contribution in [1.29, 1.82) is 0 Å². The Labute approximate surface area is 101 Å². The molecule has 0 amide bonds. The Kier molecular flexibility index (Phi) is 4.72. The molecule has 4 heteroatoms. The lowest BCUT2D eigenvalue weighted by atomic mass is 9.93. The monoisotopic (exact) mass is 235 g/mol. The van der Waals surface area contributed by atoms with Gasteiger partial charge < -0.3 is 15.2 Å². The first-order valence-electron chi connectivity index (χ1n) is 5.31. The molecule has 1 aromatic rings. The van der Waals surface area contributed by atoms with Crippen LogP contribution in [0.1, 0.15) is 12.5 Å². The molecule has 1 atom stereocenters. The summed E-state index contributed by atoms with van der Waals surface area (Å²) < 4.78 is 4.48. The second-order valence-corrected chi connectivity index (χ2v) is 3.86. The topological polar surface area (TPSA) is 58.6 Å². The number of aliphatic hydroxyl groups is 1. The Bertz CT molecular complexity index is 389. The zero-order valence-electron chi connectivity index (χ0n) is 10.0. The summed E-state index contributed by atoms with van der Waals surface area (Å²) >= 11 is 0. The number of aliphatic hydroxyl groups excluding tert-OH is 1. The van der Waals surface area contributed by atoms with Gasteiger partial charge >= 0.3 is 5.97 Å². The zero-order valence-corrected chi connectivity index (χ0v) is 10.0. The summed E-state index contributed by atoms with van der Waals surface area (Å²) in [6, 6.07) is 9.53. The molecule has 0 spiro atoms. The fourth-order valence-corrected chi connectivity index (χ4v) is 1.39. The molecule has 0 heterocycles. The van der Waals surface area contributed by atoms with Gasteiger partial charge in [-0.05, 0) is 12.5 Å². The molecule has 92 valence electrons. The fraction of sp³-hybridized carbons (Fsp3) is 0.308. The van der Waals surface area contributed by atoms with Gasteiger partial charge in [0, 0.05) is 12.3 Å². The van der Waals surface area contributed by atoms with Crippen molar-refractivity contribution in [3.05, 3.63) is 48.2 Å². The smallest absolute Gasteiger partial charge is 0.331 e. The number of benzene rings is 1. The maximum absolute atomic E-state index is 10.9. The molecule has 0 aliphatic heterocycles. The third kappa shape index (κ3) is 3.60. The first-order chi connectivity index (χ1) is 8.12. The summed E-state index contributed by atoms with van der Waals surface area (Å²) in [6.45, 7) is 1.77. The van der Waals surface area contributed by atoms with E-state index in [0.717, 1.165) is 5.56 Å². The van der Waals surface area contributed by atoms with Crippen molar-refractivity contribution in [3.8, 4) is 0 Å². The highest BCUT2D eigenvalue weighted by atomic mass is 16.5. The largest absolute Gasteiger partial charge is 0.466 e. The van der Waals surface area contributed by atoms with E-state index in [4.69, 9.17) is 0 Å². The van der Waals surface area contributed by atoms with E-state index in [2.05, 4.69) is 10.1 Å². The van der Waals surface area contributed by atoms with Crippen LogP contribution < -0.4 is 5.32 Å². The number of carbonyl (C=O) groups is 1. The van der Waals surface area contributed by atoms with Gasteiger partial charge in [0.1, 0.15) is 0 Å². The number of carbonyl (C=O) groups excluding carboxylic acids is 1. The minimum atomic E-state index is -0.619. The van der Waals surface area contributed by atoms with E-state index in [1.807, 2.05) is 37.3 Å². The van der Waals surface area contributed by atoms with Crippen molar-refractivity contribution in [2.75, 3.05) is 13.7 Å². The van der Waals surface area contributed by atoms with E-state index in [0.29, 0.717) is 0 Å². The lowest BCUT2D eigenvalue weighted by Crippen LogP contribution is -2.39. The number of rotatable bonds is 5. The summed E-state index contributed by atoms with van der Waals surface area (Å²) in [5.41, 5.74) is 0.322. The van der Waals surface area contributed by atoms with Crippen molar-refractivity contribution in [1.82, 2.24) is 5.32 Å². The molecule has 0 radical (unpaired) electrons. The summed E-state index contributed by atoms with van der Waals surface area (Å²) in [4.78, 5) is 10.9. The Hall–Kier alpha value is -1.81. The lowest BCUT2D eigenvalue weighted by Gasteiger charge is -2.28. The molecule has 0 saturated carbocycles. The van der Waals surface area contributed by atoms with Gasteiger partial charge in [-0.25, -0.2) is 4.79 Å². The van der Waals surface area contributed by atoms with Crippen LogP contribution in [-0.4, -0.2) is 24.8 Å². The summed E-state index contributed by atoms with van der Waals surface area (Å²) in [7, 11) is 1.31. The molecular formula is C13H17NO3. The summed E-state index contributed by atoms with van der Waals surface area (Å²) in [5, 5.41) is 12.4. The maximum Gasteiger partial charge on any atom is 0.331 e. The van der Waals surface area contributed by atoms with E-state index in [1.165, 1.54) is 19.4 Å². The van der Waals surface area contributed by atoms with Crippen LogP contribution in [-0.2, 0) is 15.1 Å². The zero-order chi connectivity index (χ0) is 12.7. The highest BCUT2D eigenvalue weighted by Crippen LogP contribution is 2.19. The second kappa shape index (κ2) is 6.06. The quantitative estimate of drug-likeness (QED) is 0.594. The Morgan fingerprint density at radius 2 is 2.12 bits per heavy atom. The van der Waals surface area contributed by atoms with E-state index < -0.39 is 11.5 Å². The van der Waals surface area contributed by atoms with Gasteiger partial charge in [0.25, 0.3) is 0 Å². The van der Waals surface area contributed by atoms with Gasteiger partial charge in [0.15, 0.2) is 0 Å². The summed E-state index contributed by atoms with van der Waals surface area (Å²) in [6.07, 6.45) is 2.76. The molecule has 2 N–H and O–H groups in total. The molecule has 0 saturated heterocycles. The summed E-state index contributed by atoms with van der Waals surface area (Å²) in [5.74, 6) is -0.439. The maximum atomic E-state index is 10.9. The average molecular weight is 235 g/mol. The van der Waals surface area contributed by atoms with Crippen LogP contribution in [0.5, 0.6) is 0 Å². The molecule has 17 heavy (non-hydrogen) atoms. The van der Waals surface area contributed by atoms with Gasteiger partial charge in [0.2, 0.25) is 0 Å². The normalized spacial score (nSPS) is 14.3. The van der Waals surface area contributed by atoms with Crippen LogP contribution in [0.3, 0.4) is 0 Å². The SMILES string of the molecule is COC(=O)/C=C/NC(C)(CO)c1ccccc1. The number of ether oxygens (including phenoxy) is 1. The highest BCUT2D eigenvalue weighted by Gasteiger charge is 2.23. The molecule has 0 aromatic heterocycles. The van der Waals surface area contributed by atoms with E-state index >= 15 is 0 Å². The van der Waals surface area contributed by atoms with Crippen LogP contribution in [0.15, 0.2) is 42.6 Å². The van der Waals surface area contributed by atoms with Crippen molar-refractivity contribution >= 4 is 5.97 Å². The minimum Gasteiger partial charge on any atom is -0.466 e. The van der Waals surface area contributed by atoms with Crippen LogP contribution in [0.25, 0.3) is 0 Å². The lowest BCUT2D eigenvalue weighted by molar-refractivity contribution is -0.134. The molecule has 0 aliphatic rings. The van der Waals surface area contributed by atoms with Crippen LogP contribution in [0.2, 0.25) is 0 Å². The standard InChI is InChI=1S/C13H17NO3/c1-13(10-15,11-6-4-3-5-7-11)14-9-8-12(16)17-2/h3-9,14-15H,10H2,1-2H3/b9-8+. The van der Waals surface area contributed by atoms with Crippen LogP contribution in [0, 0.1) is 0 Å². The number of hydrogen-bond donors (Lipinski definition) is 2. The fourth-order valence-electron chi connectivity index (χ4n) is 1.39. The van der Waals surface area contributed by atoms with Gasteiger partial charge in [-0.2, -0.15) is 0 Å². The number of nitrogens with one attached hydrogen (secondary N) is 1. The van der Waals surface area contributed by atoms with Gasteiger partial charge in [-0.15, -0.1) is 0 Å². The molecule has 4 nitrogen and oxygen atoms in total. The first kappa shape index (κ1) is 13.3. The first-order valence-corrected chi connectivity index (χ1v) is 5.31. The van der Waals surface area contributed by atoms with Gasteiger partial charge in [0.05, 0.1) is 19.3 Å². The molecule has 0 bridgehead atoms. The van der Waals surface area contributed by atoms with Gasteiger partial charge in [-0.3, -0.25) is 0 Å². The third-order valence-electron chi connectivity index (χ3n) is 2.55. The minimum absolute atomic E-state index is 0.0808. The number of hydrogen-bond acceptors (Lipinski definition) is 4. The molecule has 0 fully saturated rings. The van der Waals surface area contributed by atoms with E-state index in [1.54, 1.807) is 0 Å². The molecular weight excluding hydrogens is 218 g/mol. The second-order valence-electron chi connectivity index (χ2n) is 3.86. The van der Waals surface area contributed by atoms with E-state index in [9.17, 15) is 9.90 Å². The van der Waals surface area contributed by atoms with Crippen molar-refractivity contribution in [2.24, 2.45) is 0 Å². The Morgan fingerprint density at radius 1 is 1.47 bits per heavy atom. The molecule has 1 unspecified atom stereocenters. The molecule has 1 rings (SSSR count). The number of esters is 1. The van der Waals surface area contributed by atoms with Crippen molar-refractivity contribution < 1.29 is 14.6 Å². The van der Waals surface area contributed by atoms with Crippen LogP contribution in [0.4, 0.5) is 0 Å². The van der Waals surface area contributed by atoms with Gasteiger partial charge in [-0.1, -0.05) is 30.3 Å². The predicted octanol–water partition coefficient (Wildman–Crippen LogP) is 1.17.